The zero-order valence-electron chi connectivity index (χ0n) is 12.0. The van der Waals surface area contributed by atoms with Crippen LogP contribution in [0.5, 0.6) is 0 Å². The molecule has 0 aromatic rings. The van der Waals surface area contributed by atoms with Gasteiger partial charge in [-0.25, -0.2) is 0 Å². The first-order chi connectivity index (χ1) is 10.1. The minimum atomic E-state index is -0.785. The van der Waals surface area contributed by atoms with Crippen molar-refractivity contribution in [1.82, 2.24) is 5.32 Å². The van der Waals surface area contributed by atoms with E-state index in [0.717, 1.165) is 19.3 Å². The van der Waals surface area contributed by atoms with Crippen molar-refractivity contribution in [2.24, 2.45) is 5.73 Å². The fourth-order valence-electron chi connectivity index (χ4n) is 1.90. The average molecular weight is 294 g/mol. The van der Waals surface area contributed by atoms with E-state index < -0.39 is 6.04 Å². The van der Waals surface area contributed by atoms with Crippen LogP contribution in [0.3, 0.4) is 0 Å². The van der Waals surface area contributed by atoms with Crippen molar-refractivity contribution in [2.75, 3.05) is 13.2 Å². The monoisotopic (exact) mass is 294 g/mol. The lowest BCUT2D eigenvalue weighted by atomic mass is 10.1. The number of carbonyl (C=O) groups excluding carboxylic acids is 3. The van der Waals surface area contributed by atoms with E-state index in [9.17, 15) is 14.4 Å². The number of hydrogen-bond acceptors (Lipinski definition) is 5. The number of allylic oxidation sites excluding steroid dienone is 4. The fourth-order valence-corrected chi connectivity index (χ4v) is 1.90. The number of nitrogens with two attached hydrogens (primary N) is 1. The van der Waals surface area contributed by atoms with Crippen molar-refractivity contribution in [1.29, 1.82) is 0 Å². The number of amides is 1. The molecule has 6 heteroatoms. The van der Waals surface area contributed by atoms with Gasteiger partial charge < -0.3 is 20.6 Å². The summed E-state index contributed by atoms with van der Waals surface area (Å²) in [4.78, 5) is 33.0. The second-order valence-corrected chi connectivity index (χ2v) is 4.89. The van der Waals surface area contributed by atoms with Crippen LogP contribution < -0.4 is 11.1 Å². The summed E-state index contributed by atoms with van der Waals surface area (Å²) in [6.45, 7) is 0.358. The Balaban J connectivity index is 1.97. The van der Waals surface area contributed by atoms with Crippen LogP contribution in [0.25, 0.3) is 0 Å². The number of esters is 1. The number of nitrogens with one attached hydrogen (secondary N) is 1. The second kappa shape index (κ2) is 9.88. The summed E-state index contributed by atoms with van der Waals surface area (Å²) in [5.41, 5.74) is 6.64. The number of ether oxygens (including phenoxy) is 1. The molecule has 6 nitrogen and oxygen atoms in total. The van der Waals surface area contributed by atoms with Crippen LogP contribution >= 0.6 is 0 Å². The Kier molecular flexibility index (Phi) is 8.04. The van der Waals surface area contributed by atoms with E-state index in [4.69, 9.17) is 10.5 Å². The molecule has 116 valence electrons. The molecule has 0 saturated carbocycles. The zero-order valence-corrected chi connectivity index (χ0v) is 12.0. The lowest BCUT2D eigenvalue weighted by Gasteiger charge is -2.08. The smallest absolute Gasteiger partial charge is 0.305 e. The third-order valence-corrected chi connectivity index (χ3v) is 3.01. The second-order valence-electron chi connectivity index (χ2n) is 4.89. The highest BCUT2D eigenvalue weighted by molar-refractivity contribution is 5.80. The standard InChI is InChI=1S/C15H22N2O4/c16-13(11-18)10-14(19)17-8-9-21-15(20)7-3-6-12-4-1-2-5-12/h1-2,4,11,13H,3,5-10,16H2,(H,17,19). The molecule has 0 saturated heterocycles. The quantitative estimate of drug-likeness (QED) is 0.349. The Labute approximate surface area is 124 Å². The summed E-state index contributed by atoms with van der Waals surface area (Å²) in [5.74, 6) is -0.591. The Morgan fingerprint density at radius 2 is 2.29 bits per heavy atom. The maximum Gasteiger partial charge on any atom is 0.305 e. The van der Waals surface area contributed by atoms with E-state index in [0.29, 0.717) is 12.7 Å². The summed E-state index contributed by atoms with van der Waals surface area (Å²) < 4.78 is 5.00. The van der Waals surface area contributed by atoms with Crippen molar-refractivity contribution in [3.05, 3.63) is 23.8 Å². The van der Waals surface area contributed by atoms with Crippen LogP contribution in [0.4, 0.5) is 0 Å². The van der Waals surface area contributed by atoms with E-state index in [2.05, 4.69) is 17.5 Å². The average Bonchev–Trinajstić information content (AvgIpc) is 2.96. The van der Waals surface area contributed by atoms with Gasteiger partial charge in [-0.1, -0.05) is 23.8 Å². The first kappa shape index (κ1) is 17.1. The molecule has 3 N–H and O–H groups in total. The highest BCUT2D eigenvalue weighted by atomic mass is 16.5. The molecule has 1 unspecified atom stereocenters. The number of aldehydes is 1. The van der Waals surface area contributed by atoms with Crippen LogP contribution in [-0.4, -0.2) is 37.4 Å². The largest absolute Gasteiger partial charge is 0.464 e. The highest BCUT2D eigenvalue weighted by Gasteiger charge is 2.08. The van der Waals surface area contributed by atoms with E-state index in [-0.39, 0.29) is 31.4 Å². The van der Waals surface area contributed by atoms with Gasteiger partial charge in [0, 0.05) is 12.8 Å². The van der Waals surface area contributed by atoms with Crippen LogP contribution in [0.15, 0.2) is 23.8 Å². The lowest BCUT2D eigenvalue weighted by molar-refractivity contribution is -0.144. The van der Waals surface area contributed by atoms with Crippen molar-refractivity contribution >= 4 is 18.2 Å². The van der Waals surface area contributed by atoms with Gasteiger partial charge >= 0.3 is 5.97 Å². The summed E-state index contributed by atoms with van der Waals surface area (Å²) in [5, 5.41) is 2.53. The van der Waals surface area contributed by atoms with Crippen molar-refractivity contribution in [3.8, 4) is 0 Å². The summed E-state index contributed by atoms with van der Waals surface area (Å²) >= 11 is 0. The van der Waals surface area contributed by atoms with Crippen LogP contribution in [0.2, 0.25) is 0 Å². The SMILES string of the molecule is NC(C=O)CC(=O)NCCOC(=O)CCCC1=CC=CC1. The summed E-state index contributed by atoms with van der Waals surface area (Å²) in [7, 11) is 0. The topological polar surface area (TPSA) is 98.5 Å². The molecule has 0 heterocycles. The van der Waals surface area contributed by atoms with Gasteiger partial charge in [-0.2, -0.15) is 0 Å². The van der Waals surface area contributed by atoms with Gasteiger partial charge in [0.25, 0.3) is 0 Å². The maximum atomic E-state index is 11.4. The normalized spacial score (nSPS) is 14.4. The van der Waals surface area contributed by atoms with Gasteiger partial charge in [-0.15, -0.1) is 0 Å². The molecular formula is C15H22N2O4. The third kappa shape index (κ3) is 8.04. The molecule has 1 aliphatic carbocycles. The maximum absolute atomic E-state index is 11.4. The number of hydrogen-bond donors (Lipinski definition) is 2. The molecule has 0 aliphatic heterocycles. The minimum absolute atomic E-state index is 0.0550. The van der Waals surface area contributed by atoms with Crippen molar-refractivity contribution in [2.45, 2.75) is 38.1 Å². The molecule has 0 bridgehead atoms. The van der Waals surface area contributed by atoms with E-state index in [1.807, 2.05) is 6.08 Å². The molecule has 21 heavy (non-hydrogen) atoms. The summed E-state index contributed by atoms with van der Waals surface area (Å²) in [6.07, 6.45) is 9.68. The molecule has 0 fully saturated rings. The Morgan fingerprint density at radius 3 is 2.95 bits per heavy atom. The van der Waals surface area contributed by atoms with Crippen LogP contribution in [-0.2, 0) is 19.1 Å². The Hall–Kier alpha value is -1.95. The zero-order chi connectivity index (χ0) is 15.5. The fraction of sp³-hybridized carbons (Fsp3) is 0.533. The molecule has 1 amide bonds. The van der Waals surface area contributed by atoms with E-state index in [1.54, 1.807) is 0 Å². The van der Waals surface area contributed by atoms with Gasteiger partial charge in [0.05, 0.1) is 12.6 Å². The number of carbonyl (C=O) groups is 3. The van der Waals surface area contributed by atoms with Gasteiger partial charge in [-0.3, -0.25) is 9.59 Å². The molecular weight excluding hydrogens is 272 g/mol. The van der Waals surface area contributed by atoms with Gasteiger partial charge in [0.15, 0.2) is 0 Å². The van der Waals surface area contributed by atoms with Crippen molar-refractivity contribution in [3.63, 3.8) is 0 Å². The van der Waals surface area contributed by atoms with Crippen LogP contribution in [0.1, 0.15) is 32.1 Å². The Bertz CT molecular complexity index is 429. The Morgan fingerprint density at radius 1 is 1.48 bits per heavy atom. The van der Waals surface area contributed by atoms with Crippen molar-refractivity contribution < 1.29 is 19.1 Å². The third-order valence-electron chi connectivity index (χ3n) is 3.01. The highest BCUT2D eigenvalue weighted by Crippen LogP contribution is 2.17. The predicted molar refractivity (Wildman–Crippen MR) is 78.3 cm³/mol. The van der Waals surface area contributed by atoms with E-state index in [1.165, 1.54) is 5.57 Å². The van der Waals surface area contributed by atoms with Gasteiger partial charge in [0.2, 0.25) is 5.91 Å². The number of rotatable bonds is 10. The molecule has 1 atom stereocenters. The minimum Gasteiger partial charge on any atom is -0.464 e. The molecule has 0 spiro atoms. The first-order valence-corrected chi connectivity index (χ1v) is 7.09. The first-order valence-electron chi connectivity index (χ1n) is 7.09. The molecule has 0 aromatic heterocycles. The van der Waals surface area contributed by atoms with Gasteiger partial charge in [-0.05, 0) is 19.3 Å². The summed E-state index contributed by atoms with van der Waals surface area (Å²) in [6, 6.07) is -0.785. The molecule has 0 radical (unpaired) electrons. The van der Waals surface area contributed by atoms with E-state index >= 15 is 0 Å². The molecule has 1 rings (SSSR count). The predicted octanol–water partition coefficient (Wildman–Crippen LogP) is 0.619. The molecule has 0 aromatic carbocycles. The lowest BCUT2D eigenvalue weighted by Crippen LogP contribution is -2.34. The molecule has 1 aliphatic rings. The van der Waals surface area contributed by atoms with Gasteiger partial charge in [0.1, 0.15) is 12.9 Å². The van der Waals surface area contributed by atoms with Crippen LogP contribution in [0, 0.1) is 0 Å².